The highest BCUT2D eigenvalue weighted by Crippen LogP contribution is 2.34. The molecule has 0 fully saturated rings. The Morgan fingerprint density at radius 1 is 0.744 bits per heavy atom. The first-order valence-electron chi connectivity index (χ1n) is 12.7. The van der Waals surface area contributed by atoms with E-state index in [4.69, 9.17) is 9.84 Å². The van der Waals surface area contributed by atoms with Gasteiger partial charge >= 0.3 is 5.97 Å². The third-order valence-electron chi connectivity index (χ3n) is 6.48. The highest BCUT2D eigenvalue weighted by Gasteiger charge is 2.13. The van der Waals surface area contributed by atoms with Crippen LogP contribution in [0.25, 0.3) is 11.1 Å². The Balaban J connectivity index is 1.37. The predicted octanol–water partition coefficient (Wildman–Crippen LogP) is 7.01. The molecule has 0 spiro atoms. The van der Waals surface area contributed by atoms with Gasteiger partial charge in [0, 0.05) is 16.8 Å². The van der Waals surface area contributed by atoms with Gasteiger partial charge in [-0.1, -0.05) is 29.5 Å². The fourth-order valence-corrected chi connectivity index (χ4v) is 4.64. The van der Waals surface area contributed by atoms with Gasteiger partial charge in [-0.15, -0.1) is 0 Å². The zero-order chi connectivity index (χ0) is 28.1. The molecule has 5 heteroatoms. The summed E-state index contributed by atoms with van der Waals surface area (Å²) in [5, 5.41) is 11.8. The van der Waals surface area contributed by atoms with Crippen LogP contribution in [0, 0.1) is 46.5 Å². The number of ether oxygens (including phenoxy) is 1. The molecule has 0 aliphatic rings. The van der Waals surface area contributed by atoms with Crippen LogP contribution in [0.3, 0.4) is 0 Å². The lowest BCUT2D eigenvalue weighted by Crippen LogP contribution is -2.20. The van der Waals surface area contributed by atoms with Crippen LogP contribution in [-0.4, -0.2) is 23.6 Å². The van der Waals surface area contributed by atoms with Gasteiger partial charge in [0.05, 0.1) is 5.56 Å². The summed E-state index contributed by atoms with van der Waals surface area (Å²) >= 11 is 0. The van der Waals surface area contributed by atoms with Crippen molar-refractivity contribution in [1.82, 2.24) is 0 Å². The molecule has 0 radical (unpaired) electrons. The summed E-state index contributed by atoms with van der Waals surface area (Å²) in [6.45, 7) is 10.3. The van der Waals surface area contributed by atoms with Gasteiger partial charge in [-0.25, -0.2) is 4.79 Å². The number of carbonyl (C=O) groups excluding carboxylic acids is 1. The fourth-order valence-electron chi connectivity index (χ4n) is 4.64. The molecule has 4 aromatic rings. The van der Waals surface area contributed by atoms with E-state index in [9.17, 15) is 9.59 Å². The lowest BCUT2D eigenvalue weighted by atomic mass is 9.90. The standard InChI is InChI=1S/C34H31NO4/c1-21-16-24(4)33(25(5)17-21)30-18-23(3)31(19-22(30)2)39-20-32(36)35-29-14-10-27(11-15-29)7-6-26-8-12-28(13-9-26)34(37)38/h8-19H,20H2,1-5H3,(H,35,36)(H,37,38). The van der Waals surface area contributed by atoms with E-state index in [1.807, 2.05) is 25.1 Å². The summed E-state index contributed by atoms with van der Waals surface area (Å²) in [5.74, 6) is 5.52. The SMILES string of the molecule is Cc1cc(C)c(-c2cc(C)c(OCC(=O)Nc3ccc(C#Cc4ccc(C(=O)O)cc4)cc3)cc2C)c(C)c1. The lowest BCUT2D eigenvalue weighted by molar-refractivity contribution is -0.118. The zero-order valence-corrected chi connectivity index (χ0v) is 22.8. The van der Waals surface area contributed by atoms with Crippen LogP contribution >= 0.6 is 0 Å². The summed E-state index contributed by atoms with van der Waals surface area (Å²) in [6, 6.07) is 22.1. The van der Waals surface area contributed by atoms with Gasteiger partial charge in [0.25, 0.3) is 5.91 Å². The Morgan fingerprint density at radius 3 is 1.87 bits per heavy atom. The van der Waals surface area contributed by atoms with E-state index in [2.05, 4.69) is 63.1 Å². The van der Waals surface area contributed by atoms with Gasteiger partial charge < -0.3 is 15.2 Å². The number of anilines is 1. The number of carbonyl (C=O) groups is 2. The minimum absolute atomic E-state index is 0.101. The number of carboxylic acids is 1. The number of carboxylic acid groups (broad SMARTS) is 1. The minimum Gasteiger partial charge on any atom is -0.483 e. The van der Waals surface area contributed by atoms with Crippen molar-refractivity contribution in [1.29, 1.82) is 0 Å². The molecule has 0 unspecified atom stereocenters. The van der Waals surface area contributed by atoms with E-state index < -0.39 is 5.97 Å². The average molecular weight is 518 g/mol. The summed E-state index contributed by atoms with van der Waals surface area (Å²) < 4.78 is 5.89. The summed E-state index contributed by atoms with van der Waals surface area (Å²) in [7, 11) is 0. The van der Waals surface area contributed by atoms with Crippen LogP contribution in [-0.2, 0) is 4.79 Å². The first-order valence-corrected chi connectivity index (χ1v) is 12.7. The maximum Gasteiger partial charge on any atom is 0.335 e. The van der Waals surface area contributed by atoms with Crippen LogP contribution in [0.2, 0.25) is 0 Å². The predicted molar refractivity (Wildman–Crippen MR) is 156 cm³/mol. The van der Waals surface area contributed by atoms with Crippen LogP contribution in [0.4, 0.5) is 5.69 Å². The normalized spacial score (nSPS) is 10.4. The van der Waals surface area contributed by atoms with Crippen molar-refractivity contribution in [2.24, 2.45) is 0 Å². The second-order valence-corrected chi connectivity index (χ2v) is 9.75. The van der Waals surface area contributed by atoms with Crippen molar-refractivity contribution in [2.45, 2.75) is 34.6 Å². The molecule has 4 rings (SSSR count). The van der Waals surface area contributed by atoms with E-state index in [1.165, 1.54) is 39.9 Å². The Bertz CT molecular complexity index is 1580. The van der Waals surface area contributed by atoms with Crippen molar-refractivity contribution in [3.63, 3.8) is 0 Å². The molecule has 0 saturated heterocycles. The molecule has 196 valence electrons. The van der Waals surface area contributed by atoms with Crippen LogP contribution in [0.5, 0.6) is 5.75 Å². The quantitative estimate of drug-likeness (QED) is 0.270. The fraction of sp³-hybridized carbons (Fsp3) is 0.176. The van der Waals surface area contributed by atoms with E-state index in [0.29, 0.717) is 11.4 Å². The molecule has 39 heavy (non-hydrogen) atoms. The molecular formula is C34H31NO4. The van der Waals surface area contributed by atoms with Gasteiger partial charge in [-0.2, -0.15) is 0 Å². The number of amides is 1. The van der Waals surface area contributed by atoms with Gasteiger partial charge in [0.2, 0.25) is 0 Å². The van der Waals surface area contributed by atoms with E-state index in [1.54, 1.807) is 24.3 Å². The topological polar surface area (TPSA) is 75.6 Å². The number of benzene rings is 4. The molecule has 0 bridgehead atoms. The van der Waals surface area contributed by atoms with Gasteiger partial charge in [-0.05, 0) is 129 Å². The second-order valence-electron chi connectivity index (χ2n) is 9.75. The Morgan fingerprint density at radius 2 is 1.31 bits per heavy atom. The van der Waals surface area contributed by atoms with Gasteiger partial charge in [-0.3, -0.25) is 4.79 Å². The molecular weight excluding hydrogens is 486 g/mol. The number of aromatic carboxylic acids is 1. The molecule has 5 nitrogen and oxygen atoms in total. The second kappa shape index (κ2) is 11.7. The third kappa shape index (κ3) is 6.74. The van der Waals surface area contributed by atoms with Crippen LogP contribution < -0.4 is 10.1 Å². The van der Waals surface area contributed by atoms with Crippen molar-refractivity contribution in [3.8, 4) is 28.7 Å². The van der Waals surface area contributed by atoms with Crippen molar-refractivity contribution >= 4 is 17.6 Å². The maximum absolute atomic E-state index is 12.6. The molecule has 0 heterocycles. The smallest absolute Gasteiger partial charge is 0.335 e. The lowest BCUT2D eigenvalue weighted by Gasteiger charge is -2.17. The summed E-state index contributed by atoms with van der Waals surface area (Å²) in [6.07, 6.45) is 0. The van der Waals surface area contributed by atoms with Crippen molar-refractivity contribution < 1.29 is 19.4 Å². The number of nitrogens with one attached hydrogen (secondary N) is 1. The molecule has 0 aliphatic carbocycles. The highest BCUT2D eigenvalue weighted by atomic mass is 16.5. The van der Waals surface area contributed by atoms with E-state index in [0.717, 1.165) is 22.3 Å². The Labute approximate surface area is 229 Å². The zero-order valence-electron chi connectivity index (χ0n) is 22.8. The first kappa shape index (κ1) is 27.2. The van der Waals surface area contributed by atoms with Gasteiger partial charge in [0.1, 0.15) is 5.75 Å². The third-order valence-corrected chi connectivity index (χ3v) is 6.48. The van der Waals surface area contributed by atoms with Crippen molar-refractivity contribution in [2.75, 3.05) is 11.9 Å². The van der Waals surface area contributed by atoms with Crippen LogP contribution in [0.15, 0.2) is 72.8 Å². The number of rotatable bonds is 6. The molecule has 4 aromatic carbocycles. The summed E-state index contributed by atoms with van der Waals surface area (Å²) in [5.41, 5.74) is 10.6. The molecule has 0 saturated carbocycles. The molecule has 0 aliphatic heterocycles. The van der Waals surface area contributed by atoms with Crippen LogP contribution in [0.1, 0.15) is 49.3 Å². The molecule has 0 atom stereocenters. The monoisotopic (exact) mass is 517 g/mol. The number of aryl methyl sites for hydroxylation is 5. The number of hydrogen-bond acceptors (Lipinski definition) is 3. The average Bonchev–Trinajstić information content (AvgIpc) is 2.89. The molecule has 0 aromatic heterocycles. The minimum atomic E-state index is -0.969. The van der Waals surface area contributed by atoms with E-state index >= 15 is 0 Å². The largest absolute Gasteiger partial charge is 0.483 e. The Kier molecular flexibility index (Phi) is 8.17. The highest BCUT2D eigenvalue weighted by molar-refractivity contribution is 5.92. The van der Waals surface area contributed by atoms with Crippen molar-refractivity contribution in [3.05, 3.63) is 117 Å². The van der Waals surface area contributed by atoms with E-state index in [-0.39, 0.29) is 18.1 Å². The van der Waals surface area contributed by atoms with Gasteiger partial charge in [0.15, 0.2) is 6.61 Å². The molecule has 1 amide bonds. The number of hydrogen-bond donors (Lipinski definition) is 2. The Hall–Kier alpha value is -4.82. The summed E-state index contributed by atoms with van der Waals surface area (Å²) in [4.78, 5) is 23.5. The first-order chi connectivity index (χ1) is 18.6. The maximum atomic E-state index is 12.6. The molecule has 2 N–H and O–H groups in total.